The van der Waals surface area contributed by atoms with Crippen LogP contribution >= 0.6 is 0 Å². The molecule has 2 heterocycles. The fraction of sp³-hybridized carbons (Fsp3) is 0.292. The molecule has 0 aliphatic rings. The zero-order chi connectivity index (χ0) is 22.8. The standard InChI is InChI=1S/C24H28N6O2/c1-6-30(7-2)20-12-18(10-14(3)16(20)5)27-23-25-13-15(4)22(29-23)26-17-8-9-21-19(11-17)28-24(31)32-21/h8-13H,6-7H2,1-5H3,(H,28,31)(H2,25,26,27,29). The van der Waals surface area contributed by atoms with Crippen LogP contribution in [0.1, 0.15) is 30.5 Å². The van der Waals surface area contributed by atoms with Gasteiger partial charge in [-0.1, -0.05) is 0 Å². The highest BCUT2D eigenvalue weighted by molar-refractivity contribution is 5.78. The number of H-pyrrole nitrogens is 1. The number of fused-ring (bicyclic) bond motifs is 1. The number of oxazole rings is 1. The minimum Gasteiger partial charge on any atom is -0.408 e. The Labute approximate surface area is 186 Å². The molecule has 8 heteroatoms. The van der Waals surface area contributed by atoms with Crippen LogP contribution in [0.4, 0.5) is 28.8 Å². The maximum absolute atomic E-state index is 11.4. The number of hydrogen-bond donors (Lipinski definition) is 3. The van der Waals surface area contributed by atoms with Crippen molar-refractivity contribution in [2.24, 2.45) is 0 Å². The third kappa shape index (κ3) is 4.30. The maximum Gasteiger partial charge on any atom is 0.417 e. The highest BCUT2D eigenvalue weighted by atomic mass is 16.4. The molecule has 2 aromatic heterocycles. The Hall–Kier alpha value is -3.81. The molecule has 0 unspecified atom stereocenters. The van der Waals surface area contributed by atoms with Crippen molar-refractivity contribution in [1.82, 2.24) is 15.0 Å². The molecule has 4 aromatic rings. The Morgan fingerprint density at radius 3 is 2.53 bits per heavy atom. The number of aromatic amines is 1. The Bertz CT molecular complexity index is 1320. The first kappa shape index (κ1) is 21.4. The van der Waals surface area contributed by atoms with E-state index in [9.17, 15) is 4.79 Å². The molecule has 0 bridgehead atoms. The molecule has 0 atom stereocenters. The lowest BCUT2D eigenvalue weighted by atomic mass is 10.1. The fourth-order valence-corrected chi connectivity index (χ4v) is 3.73. The molecule has 0 aliphatic heterocycles. The summed E-state index contributed by atoms with van der Waals surface area (Å²) in [6, 6.07) is 9.66. The number of nitrogens with zero attached hydrogens (tertiary/aromatic N) is 3. The SMILES string of the molecule is CCN(CC)c1cc(Nc2ncc(C)c(Nc3ccc4oc(=O)[nH]c4c3)n2)cc(C)c1C. The van der Waals surface area contributed by atoms with Gasteiger partial charge >= 0.3 is 5.76 Å². The molecule has 0 radical (unpaired) electrons. The van der Waals surface area contributed by atoms with Crippen molar-refractivity contribution in [3.05, 3.63) is 63.8 Å². The van der Waals surface area contributed by atoms with Crippen LogP contribution in [-0.4, -0.2) is 28.0 Å². The minimum atomic E-state index is -0.473. The summed E-state index contributed by atoms with van der Waals surface area (Å²) in [6.45, 7) is 12.4. The van der Waals surface area contributed by atoms with Crippen LogP contribution in [0.3, 0.4) is 0 Å². The van der Waals surface area contributed by atoms with Gasteiger partial charge in [-0.3, -0.25) is 4.98 Å². The van der Waals surface area contributed by atoms with Gasteiger partial charge in [0.25, 0.3) is 0 Å². The second-order valence-corrected chi connectivity index (χ2v) is 7.81. The number of nitrogens with one attached hydrogen (secondary N) is 3. The summed E-state index contributed by atoms with van der Waals surface area (Å²) in [6.07, 6.45) is 1.78. The van der Waals surface area contributed by atoms with E-state index in [1.807, 2.05) is 19.1 Å². The van der Waals surface area contributed by atoms with Gasteiger partial charge in [0.1, 0.15) is 5.82 Å². The lowest BCUT2D eigenvalue weighted by molar-refractivity contribution is 0.555. The average Bonchev–Trinajstić information content (AvgIpc) is 3.14. The second kappa shape index (κ2) is 8.74. The number of rotatable bonds is 7. The minimum absolute atomic E-state index is 0.473. The zero-order valence-corrected chi connectivity index (χ0v) is 19.0. The Morgan fingerprint density at radius 1 is 1.00 bits per heavy atom. The summed E-state index contributed by atoms with van der Waals surface area (Å²) in [4.78, 5) is 25.5. The van der Waals surface area contributed by atoms with E-state index in [4.69, 9.17) is 4.42 Å². The van der Waals surface area contributed by atoms with Gasteiger partial charge in [0.05, 0.1) is 5.52 Å². The maximum atomic E-state index is 11.4. The predicted octanol–water partition coefficient (Wildman–Crippen LogP) is 5.17. The van der Waals surface area contributed by atoms with Gasteiger partial charge < -0.3 is 20.0 Å². The summed E-state index contributed by atoms with van der Waals surface area (Å²) in [5.41, 5.74) is 7.49. The van der Waals surface area contributed by atoms with E-state index in [1.54, 1.807) is 12.3 Å². The second-order valence-electron chi connectivity index (χ2n) is 7.81. The molecule has 0 fully saturated rings. The van der Waals surface area contributed by atoms with Crippen LogP contribution in [0.15, 0.2) is 45.7 Å². The summed E-state index contributed by atoms with van der Waals surface area (Å²) in [5, 5.41) is 6.66. The summed E-state index contributed by atoms with van der Waals surface area (Å²) in [7, 11) is 0. The lowest BCUT2D eigenvalue weighted by Gasteiger charge is -2.25. The number of hydrogen-bond acceptors (Lipinski definition) is 7. The largest absolute Gasteiger partial charge is 0.417 e. The van der Waals surface area contributed by atoms with E-state index >= 15 is 0 Å². The van der Waals surface area contributed by atoms with Gasteiger partial charge in [-0.05, 0) is 76.1 Å². The summed E-state index contributed by atoms with van der Waals surface area (Å²) < 4.78 is 5.06. The monoisotopic (exact) mass is 432 g/mol. The number of anilines is 5. The Morgan fingerprint density at radius 2 is 1.78 bits per heavy atom. The van der Waals surface area contributed by atoms with Crippen LogP contribution in [0.5, 0.6) is 0 Å². The first-order valence-corrected chi connectivity index (χ1v) is 10.7. The molecule has 4 rings (SSSR count). The molecule has 166 valence electrons. The number of benzene rings is 2. The van der Waals surface area contributed by atoms with E-state index in [0.717, 1.165) is 30.0 Å². The van der Waals surface area contributed by atoms with E-state index in [-0.39, 0.29) is 0 Å². The summed E-state index contributed by atoms with van der Waals surface area (Å²) >= 11 is 0. The average molecular weight is 433 g/mol. The van der Waals surface area contributed by atoms with Crippen LogP contribution < -0.4 is 21.3 Å². The van der Waals surface area contributed by atoms with Crippen LogP contribution in [-0.2, 0) is 0 Å². The van der Waals surface area contributed by atoms with Gasteiger partial charge in [0.2, 0.25) is 5.95 Å². The third-order valence-electron chi connectivity index (χ3n) is 5.65. The first-order valence-electron chi connectivity index (χ1n) is 10.7. The van der Waals surface area contributed by atoms with Gasteiger partial charge in [-0.25, -0.2) is 9.78 Å². The van der Waals surface area contributed by atoms with E-state index < -0.39 is 5.76 Å². The van der Waals surface area contributed by atoms with Crippen molar-refractivity contribution in [2.45, 2.75) is 34.6 Å². The first-order chi connectivity index (χ1) is 15.4. The van der Waals surface area contributed by atoms with E-state index in [1.165, 1.54) is 16.8 Å². The summed E-state index contributed by atoms with van der Waals surface area (Å²) in [5.74, 6) is 0.712. The van der Waals surface area contributed by atoms with Crippen molar-refractivity contribution in [1.29, 1.82) is 0 Å². The highest BCUT2D eigenvalue weighted by Gasteiger charge is 2.12. The number of aromatic nitrogens is 3. The van der Waals surface area contributed by atoms with Crippen LogP contribution in [0.2, 0.25) is 0 Å². The molecule has 0 saturated carbocycles. The zero-order valence-electron chi connectivity index (χ0n) is 19.0. The normalized spacial score (nSPS) is 11.0. The molecule has 8 nitrogen and oxygen atoms in total. The molecule has 0 aliphatic carbocycles. The highest BCUT2D eigenvalue weighted by Crippen LogP contribution is 2.29. The van der Waals surface area contributed by atoms with E-state index in [2.05, 4.69) is 70.3 Å². The lowest BCUT2D eigenvalue weighted by Crippen LogP contribution is -2.23. The van der Waals surface area contributed by atoms with Crippen molar-refractivity contribution in [2.75, 3.05) is 28.6 Å². The topological polar surface area (TPSA) is 99.1 Å². The molecule has 0 spiro atoms. The van der Waals surface area contributed by atoms with Gasteiger partial charge in [-0.15, -0.1) is 0 Å². The van der Waals surface area contributed by atoms with Gasteiger partial charge in [0, 0.05) is 41.9 Å². The van der Waals surface area contributed by atoms with Crippen molar-refractivity contribution in [3.63, 3.8) is 0 Å². The van der Waals surface area contributed by atoms with Gasteiger partial charge in [0.15, 0.2) is 5.58 Å². The molecule has 32 heavy (non-hydrogen) atoms. The molecule has 3 N–H and O–H groups in total. The fourth-order valence-electron chi connectivity index (χ4n) is 3.73. The van der Waals surface area contributed by atoms with Crippen LogP contribution in [0, 0.1) is 20.8 Å². The smallest absolute Gasteiger partial charge is 0.408 e. The third-order valence-corrected chi connectivity index (χ3v) is 5.65. The molecular weight excluding hydrogens is 404 g/mol. The van der Waals surface area contributed by atoms with E-state index in [0.29, 0.717) is 22.9 Å². The Kier molecular flexibility index (Phi) is 5.85. The molecule has 2 aromatic carbocycles. The van der Waals surface area contributed by atoms with Gasteiger partial charge in [-0.2, -0.15) is 4.98 Å². The predicted molar refractivity (Wildman–Crippen MR) is 130 cm³/mol. The molecular formula is C24H28N6O2. The quantitative estimate of drug-likeness (QED) is 0.370. The molecule has 0 amide bonds. The van der Waals surface area contributed by atoms with Crippen molar-refractivity contribution < 1.29 is 4.42 Å². The van der Waals surface area contributed by atoms with Crippen LogP contribution in [0.25, 0.3) is 11.1 Å². The van der Waals surface area contributed by atoms with Crippen molar-refractivity contribution >= 4 is 39.9 Å². The Balaban J connectivity index is 1.62. The molecule has 0 saturated heterocycles. The number of aryl methyl sites for hydroxylation is 2. The van der Waals surface area contributed by atoms with Crippen molar-refractivity contribution in [3.8, 4) is 0 Å².